The second kappa shape index (κ2) is 12.0. The minimum absolute atomic E-state index is 0. The summed E-state index contributed by atoms with van der Waals surface area (Å²) in [4.78, 5) is 17.3. The van der Waals surface area contributed by atoms with Crippen LogP contribution in [0.3, 0.4) is 0 Å². The Morgan fingerprint density at radius 3 is 2.70 bits per heavy atom. The van der Waals surface area contributed by atoms with Gasteiger partial charge in [0.05, 0.1) is 5.70 Å². The van der Waals surface area contributed by atoms with E-state index in [0.717, 1.165) is 51.5 Å². The molecular formula is C18H25Cl3FN5O2S. The highest BCUT2D eigenvalue weighted by atomic mass is 35.5. The van der Waals surface area contributed by atoms with Crippen molar-refractivity contribution in [3.63, 3.8) is 0 Å². The van der Waals surface area contributed by atoms with Gasteiger partial charge in [-0.1, -0.05) is 0 Å². The van der Waals surface area contributed by atoms with E-state index >= 15 is 0 Å². The number of carbonyl (C=O) groups is 1. The molecule has 168 valence electrons. The summed E-state index contributed by atoms with van der Waals surface area (Å²) < 4.78 is 13.5. The van der Waals surface area contributed by atoms with Gasteiger partial charge in [0.25, 0.3) is 5.91 Å². The summed E-state index contributed by atoms with van der Waals surface area (Å²) in [5.41, 5.74) is 4.16. The molecule has 0 radical (unpaired) electrons. The number of hydrogen-bond donors (Lipinski definition) is 4. The Balaban J connectivity index is 0.00000150. The van der Waals surface area contributed by atoms with E-state index in [9.17, 15) is 14.3 Å². The molecule has 4 rings (SSSR count). The number of halogens is 4. The van der Waals surface area contributed by atoms with Crippen molar-refractivity contribution in [2.45, 2.75) is 25.3 Å². The molecule has 0 bridgehead atoms. The molecule has 0 aliphatic carbocycles. The highest BCUT2D eigenvalue weighted by Crippen LogP contribution is 2.37. The molecule has 1 amide bonds. The van der Waals surface area contributed by atoms with Crippen molar-refractivity contribution < 1.29 is 14.3 Å². The standard InChI is InChI=1S/C18H22FN5O2S.3ClH/c19-11-3-4-13(14(25)9-11)15(22-12-5-7-20-10-12)16-17(26)23-18(27-16)24-8-2-1-6-21-24;;;/h3-4,9,12,20-22,25H,1-2,5-8,10H2;3*1H/t12-;;;/m0.../s1. The number of hydrogen-bond acceptors (Lipinski definition) is 7. The van der Waals surface area contributed by atoms with E-state index in [2.05, 4.69) is 21.1 Å². The lowest BCUT2D eigenvalue weighted by molar-refractivity contribution is -0.113. The summed E-state index contributed by atoms with van der Waals surface area (Å²) in [5.74, 6) is -1.07. The number of nitrogens with zero attached hydrogens (tertiary/aromatic N) is 2. The van der Waals surface area contributed by atoms with E-state index in [1.54, 1.807) is 0 Å². The zero-order valence-electron chi connectivity index (χ0n) is 16.0. The highest BCUT2D eigenvalue weighted by molar-refractivity contribution is 8.18. The molecule has 12 heteroatoms. The zero-order valence-corrected chi connectivity index (χ0v) is 19.3. The number of amidine groups is 1. The van der Waals surface area contributed by atoms with Gasteiger partial charge in [-0.05, 0) is 49.7 Å². The number of aromatic hydroxyl groups is 1. The fraction of sp³-hybridized carbons (Fsp3) is 0.444. The van der Waals surface area contributed by atoms with Crippen molar-refractivity contribution in [1.82, 2.24) is 21.1 Å². The molecule has 2 fully saturated rings. The summed E-state index contributed by atoms with van der Waals surface area (Å²) in [5, 5.41) is 19.4. The lowest BCUT2D eigenvalue weighted by Gasteiger charge is -2.28. The van der Waals surface area contributed by atoms with Crippen LogP contribution in [0.1, 0.15) is 24.8 Å². The first-order valence-corrected chi connectivity index (χ1v) is 9.96. The fourth-order valence-corrected chi connectivity index (χ4v) is 4.36. The molecule has 4 N–H and O–H groups in total. The zero-order chi connectivity index (χ0) is 18.8. The van der Waals surface area contributed by atoms with Gasteiger partial charge in [0.15, 0.2) is 5.17 Å². The number of phenols is 1. The Kier molecular flexibility index (Phi) is 10.7. The Labute approximate surface area is 197 Å². The van der Waals surface area contributed by atoms with Gasteiger partial charge < -0.3 is 15.7 Å². The van der Waals surface area contributed by atoms with Gasteiger partial charge in [0, 0.05) is 37.3 Å². The summed E-state index contributed by atoms with van der Waals surface area (Å²) in [6.07, 6.45) is 3.03. The predicted octanol–water partition coefficient (Wildman–Crippen LogP) is 2.65. The van der Waals surface area contributed by atoms with Gasteiger partial charge in [-0.25, -0.2) is 9.82 Å². The van der Waals surface area contributed by atoms with E-state index in [-0.39, 0.29) is 54.9 Å². The van der Waals surface area contributed by atoms with Crippen molar-refractivity contribution in [2.24, 2.45) is 4.99 Å². The van der Waals surface area contributed by atoms with Crippen LogP contribution in [0.15, 0.2) is 28.1 Å². The van der Waals surface area contributed by atoms with Crippen molar-refractivity contribution in [3.05, 3.63) is 34.5 Å². The van der Waals surface area contributed by atoms with Crippen LogP contribution in [0.25, 0.3) is 5.70 Å². The van der Waals surface area contributed by atoms with Crippen molar-refractivity contribution in [1.29, 1.82) is 0 Å². The number of rotatable bonds is 3. The molecule has 7 nitrogen and oxygen atoms in total. The van der Waals surface area contributed by atoms with Crippen LogP contribution in [0, 0.1) is 5.82 Å². The molecule has 1 atom stereocenters. The topological polar surface area (TPSA) is 89.0 Å². The number of benzene rings is 1. The molecule has 0 unspecified atom stereocenters. The minimum Gasteiger partial charge on any atom is -0.507 e. The van der Waals surface area contributed by atoms with Crippen LogP contribution in [0.4, 0.5) is 4.39 Å². The molecule has 30 heavy (non-hydrogen) atoms. The molecular weight excluding hydrogens is 476 g/mol. The third-order valence-corrected chi connectivity index (χ3v) is 5.87. The number of amides is 1. The Hall–Kier alpha value is -1.23. The maximum absolute atomic E-state index is 13.5. The number of phenolic OH excluding ortho intramolecular Hbond substituents is 1. The van der Waals surface area contributed by atoms with Gasteiger partial charge in [-0.2, -0.15) is 4.99 Å². The largest absolute Gasteiger partial charge is 0.507 e. The molecule has 0 spiro atoms. The van der Waals surface area contributed by atoms with E-state index in [4.69, 9.17) is 0 Å². The maximum atomic E-state index is 13.5. The lowest BCUT2D eigenvalue weighted by atomic mass is 10.1. The summed E-state index contributed by atoms with van der Waals surface area (Å²) in [7, 11) is 0. The van der Waals surface area contributed by atoms with E-state index < -0.39 is 5.82 Å². The minimum atomic E-state index is -0.525. The highest BCUT2D eigenvalue weighted by Gasteiger charge is 2.32. The second-order valence-corrected chi connectivity index (χ2v) is 7.75. The Morgan fingerprint density at radius 1 is 1.27 bits per heavy atom. The average molecular weight is 501 g/mol. The quantitative estimate of drug-likeness (QED) is 0.475. The maximum Gasteiger partial charge on any atom is 0.288 e. The summed E-state index contributed by atoms with van der Waals surface area (Å²) in [6, 6.07) is 3.96. The Morgan fingerprint density at radius 2 is 2.07 bits per heavy atom. The molecule has 3 aliphatic heterocycles. The van der Waals surface area contributed by atoms with Gasteiger partial charge in [0.1, 0.15) is 16.5 Å². The lowest BCUT2D eigenvalue weighted by Crippen LogP contribution is -2.45. The van der Waals surface area contributed by atoms with Crippen molar-refractivity contribution >= 4 is 65.8 Å². The molecule has 3 heterocycles. The first-order chi connectivity index (χ1) is 13.1. The normalized spacial score (nSPS) is 22.4. The monoisotopic (exact) mass is 499 g/mol. The average Bonchev–Trinajstić information content (AvgIpc) is 3.31. The van der Waals surface area contributed by atoms with Crippen molar-refractivity contribution in [2.75, 3.05) is 26.2 Å². The third kappa shape index (κ3) is 5.93. The van der Waals surface area contributed by atoms with Crippen LogP contribution >= 0.6 is 49.0 Å². The molecule has 2 saturated heterocycles. The second-order valence-electron chi connectivity index (χ2n) is 6.77. The summed E-state index contributed by atoms with van der Waals surface area (Å²) in [6.45, 7) is 3.29. The predicted molar refractivity (Wildman–Crippen MR) is 125 cm³/mol. The third-order valence-electron chi connectivity index (χ3n) is 4.79. The van der Waals surface area contributed by atoms with Crippen LogP contribution in [0.2, 0.25) is 0 Å². The molecule has 0 aromatic heterocycles. The SMILES string of the molecule is Cl.Cl.Cl.O=C1N=C(N2CCCCN2)SC1=C(N[C@H]1CCNC1)c1ccc(F)cc1O. The van der Waals surface area contributed by atoms with E-state index in [1.165, 1.54) is 23.9 Å². The van der Waals surface area contributed by atoms with Crippen LogP contribution in [-0.2, 0) is 4.79 Å². The van der Waals surface area contributed by atoms with Gasteiger partial charge >= 0.3 is 0 Å². The summed E-state index contributed by atoms with van der Waals surface area (Å²) >= 11 is 1.28. The molecule has 3 aliphatic rings. The smallest absolute Gasteiger partial charge is 0.288 e. The fourth-order valence-electron chi connectivity index (χ4n) is 3.38. The number of thioether (sulfide) groups is 1. The molecule has 1 aromatic carbocycles. The van der Waals surface area contributed by atoms with Gasteiger partial charge in [-0.15, -0.1) is 37.2 Å². The van der Waals surface area contributed by atoms with Gasteiger partial charge in [-0.3, -0.25) is 9.80 Å². The molecule has 1 aromatic rings. The first-order valence-electron chi connectivity index (χ1n) is 9.14. The first kappa shape index (κ1) is 26.8. The number of hydrazine groups is 1. The van der Waals surface area contributed by atoms with Crippen molar-refractivity contribution in [3.8, 4) is 5.75 Å². The number of carbonyl (C=O) groups excluding carboxylic acids is 1. The number of aliphatic imine (C=N–C) groups is 1. The van der Waals surface area contributed by atoms with E-state index in [0.29, 0.717) is 21.3 Å². The van der Waals surface area contributed by atoms with Crippen LogP contribution in [0.5, 0.6) is 5.75 Å². The van der Waals surface area contributed by atoms with Crippen LogP contribution in [-0.4, -0.2) is 53.4 Å². The van der Waals surface area contributed by atoms with Crippen LogP contribution < -0.4 is 16.1 Å². The Bertz CT molecular complexity index is 815. The number of nitrogens with one attached hydrogen (secondary N) is 3. The molecule has 0 saturated carbocycles. The van der Waals surface area contributed by atoms with Gasteiger partial charge in [0.2, 0.25) is 0 Å². The van der Waals surface area contributed by atoms with E-state index in [1.807, 2.05) is 5.01 Å².